The Hall–Kier alpha value is -1.73. The lowest BCUT2D eigenvalue weighted by Gasteiger charge is -2.14. The highest BCUT2D eigenvalue weighted by Crippen LogP contribution is 2.40. The maximum Gasteiger partial charge on any atom is 0.343 e. The lowest BCUT2D eigenvalue weighted by atomic mass is 10.1. The molecule has 3 N–H and O–H groups in total. The summed E-state index contributed by atoms with van der Waals surface area (Å²) in [6.07, 6.45) is 0.867. The van der Waals surface area contributed by atoms with Crippen LogP contribution in [-0.2, 0) is 13.5 Å². The highest BCUT2D eigenvalue weighted by atomic mass is 32.2. The van der Waals surface area contributed by atoms with Crippen molar-refractivity contribution in [3.63, 3.8) is 0 Å². The van der Waals surface area contributed by atoms with Crippen LogP contribution in [0.4, 0.5) is 0 Å². The van der Waals surface area contributed by atoms with Gasteiger partial charge in [-0.05, 0) is 29.7 Å². The zero-order valence-corrected chi connectivity index (χ0v) is 12.1. The van der Waals surface area contributed by atoms with Crippen molar-refractivity contribution in [2.75, 3.05) is 7.11 Å². The molecule has 1 aliphatic carbocycles. The Balaban J connectivity index is 1.84. The van der Waals surface area contributed by atoms with Crippen LogP contribution in [0.2, 0.25) is 0 Å². The Kier molecular flexibility index (Phi) is 3.31. The second-order valence-electron chi connectivity index (χ2n) is 4.82. The van der Waals surface area contributed by atoms with Gasteiger partial charge in [0.05, 0.1) is 7.11 Å². The van der Waals surface area contributed by atoms with Crippen molar-refractivity contribution in [3.05, 3.63) is 39.8 Å². The predicted molar refractivity (Wildman–Crippen MR) is 77.1 cm³/mol. The van der Waals surface area contributed by atoms with Crippen molar-refractivity contribution in [2.45, 2.75) is 22.9 Å². The maximum atomic E-state index is 11.4. The fourth-order valence-electron chi connectivity index (χ4n) is 2.43. The van der Waals surface area contributed by atoms with Crippen molar-refractivity contribution in [1.29, 1.82) is 0 Å². The zero-order chi connectivity index (χ0) is 14.3. The Bertz CT molecular complexity index is 694. The minimum absolute atomic E-state index is 0.0862. The Labute approximate surface area is 120 Å². The molecule has 0 spiro atoms. The van der Waals surface area contributed by atoms with E-state index in [2.05, 4.69) is 16.3 Å². The van der Waals surface area contributed by atoms with Gasteiger partial charge in [0.15, 0.2) is 5.16 Å². The topological polar surface area (TPSA) is 85.9 Å². The third-order valence-electron chi connectivity index (χ3n) is 3.63. The number of fused-ring (bicyclic) bond motifs is 1. The summed E-state index contributed by atoms with van der Waals surface area (Å²) in [5, 5.41) is 7.29. The summed E-state index contributed by atoms with van der Waals surface area (Å²) < 4.78 is 6.74. The SMILES string of the molecule is COc1ccc2c(c1)C(N)C(Sc1n[nH]c(=O)n1C)C2. The average molecular weight is 292 g/mol. The monoisotopic (exact) mass is 292 g/mol. The first kappa shape index (κ1) is 13.3. The van der Waals surface area contributed by atoms with Gasteiger partial charge in [-0.2, -0.15) is 0 Å². The molecule has 1 heterocycles. The van der Waals surface area contributed by atoms with Crippen molar-refractivity contribution in [1.82, 2.24) is 14.8 Å². The van der Waals surface area contributed by atoms with Crippen LogP contribution < -0.4 is 16.2 Å². The molecular weight excluding hydrogens is 276 g/mol. The van der Waals surface area contributed by atoms with Crippen LogP contribution in [0.3, 0.4) is 0 Å². The molecule has 6 nitrogen and oxygen atoms in total. The van der Waals surface area contributed by atoms with Gasteiger partial charge in [-0.1, -0.05) is 17.8 Å². The van der Waals surface area contributed by atoms with E-state index in [1.807, 2.05) is 12.1 Å². The van der Waals surface area contributed by atoms with Gasteiger partial charge in [-0.3, -0.25) is 4.57 Å². The molecule has 1 aliphatic rings. The van der Waals surface area contributed by atoms with E-state index >= 15 is 0 Å². The highest BCUT2D eigenvalue weighted by molar-refractivity contribution is 7.99. The molecular formula is C13H16N4O2S. The van der Waals surface area contributed by atoms with Gasteiger partial charge in [0.1, 0.15) is 5.75 Å². The molecule has 0 amide bonds. The molecule has 3 rings (SSSR count). The molecule has 0 bridgehead atoms. The number of benzene rings is 1. The number of hydrogen-bond acceptors (Lipinski definition) is 5. The lowest BCUT2D eigenvalue weighted by Crippen LogP contribution is -2.20. The minimum Gasteiger partial charge on any atom is -0.497 e. The number of nitrogens with one attached hydrogen (secondary N) is 1. The number of aromatic amines is 1. The Morgan fingerprint density at radius 1 is 1.55 bits per heavy atom. The number of H-pyrrole nitrogens is 1. The van der Waals surface area contributed by atoms with E-state index in [4.69, 9.17) is 10.5 Å². The van der Waals surface area contributed by atoms with E-state index in [1.54, 1.807) is 14.2 Å². The quantitative estimate of drug-likeness (QED) is 0.875. The molecule has 2 aromatic rings. The third-order valence-corrected chi connectivity index (χ3v) is 4.97. The van der Waals surface area contributed by atoms with E-state index in [0.717, 1.165) is 17.7 Å². The van der Waals surface area contributed by atoms with Crippen LogP contribution in [0.25, 0.3) is 0 Å². The fraction of sp³-hybridized carbons (Fsp3) is 0.385. The number of hydrogen-bond donors (Lipinski definition) is 2. The summed E-state index contributed by atoms with van der Waals surface area (Å²) >= 11 is 1.53. The smallest absolute Gasteiger partial charge is 0.343 e. The van der Waals surface area contributed by atoms with Gasteiger partial charge in [0, 0.05) is 18.3 Å². The summed E-state index contributed by atoms with van der Waals surface area (Å²) in [7, 11) is 3.35. The van der Waals surface area contributed by atoms with Crippen LogP contribution in [0.5, 0.6) is 5.75 Å². The standard InChI is InChI=1S/C13H16N4O2S/c1-17-12(18)15-16-13(17)20-10-5-7-3-4-8(19-2)6-9(7)11(10)14/h3-4,6,10-11H,5,14H2,1-2H3,(H,15,18). The van der Waals surface area contributed by atoms with Crippen molar-refractivity contribution in [2.24, 2.45) is 12.8 Å². The van der Waals surface area contributed by atoms with E-state index in [1.165, 1.54) is 21.9 Å². The van der Waals surface area contributed by atoms with Gasteiger partial charge in [0.25, 0.3) is 0 Å². The average Bonchev–Trinajstić information content (AvgIpc) is 2.94. The summed E-state index contributed by atoms with van der Waals surface area (Å²) in [5.74, 6) is 0.817. The van der Waals surface area contributed by atoms with Crippen LogP contribution in [0, 0.1) is 0 Å². The summed E-state index contributed by atoms with van der Waals surface area (Å²) in [5.41, 5.74) is 8.45. The molecule has 0 saturated heterocycles. The van der Waals surface area contributed by atoms with Gasteiger partial charge in [-0.15, -0.1) is 5.10 Å². The van der Waals surface area contributed by atoms with Crippen molar-refractivity contribution in [3.8, 4) is 5.75 Å². The summed E-state index contributed by atoms with van der Waals surface area (Å²) in [6.45, 7) is 0. The number of methoxy groups -OCH3 is 1. The first-order valence-electron chi connectivity index (χ1n) is 6.30. The third kappa shape index (κ3) is 2.12. The summed E-state index contributed by atoms with van der Waals surface area (Å²) in [6, 6.07) is 5.91. The van der Waals surface area contributed by atoms with E-state index in [0.29, 0.717) is 5.16 Å². The minimum atomic E-state index is -0.210. The number of nitrogens with zero attached hydrogens (tertiary/aromatic N) is 2. The van der Waals surface area contributed by atoms with Gasteiger partial charge in [-0.25, -0.2) is 9.89 Å². The van der Waals surface area contributed by atoms with Gasteiger partial charge < -0.3 is 10.5 Å². The molecule has 0 aliphatic heterocycles. The van der Waals surface area contributed by atoms with E-state index in [-0.39, 0.29) is 17.0 Å². The van der Waals surface area contributed by atoms with Gasteiger partial charge >= 0.3 is 5.69 Å². The number of thioether (sulfide) groups is 1. The molecule has 20 heavy (non-hydrogen) atoms. The first-order chi connectivity index (χ1) is 9.60. The second-order valence-corrected chi connectivity index (χ2v) is 6.03. The zero-order valence-electron chi connectivity index (χ0n) is 11.3. The van der Waals surface area contributed by atoms with Crippen LogP contribution in [-0.4, -0.2) is 27.1 Å². The predicted octanol–water partition coefficient (Wildman–Crippen LogP) is 0.834. The van der Waals surface area contributed by atoms with Crippen molar-refractivity contribution >= 4 is 11.8 Å². The van der Waals surface area contributed by atoms with E-state index < -0.39 is 0 Å². The van der Waals surface area contributed by atoms with Crippen LogP contribution in [0.1, 0.15) is 17.2 Å². The molecule has 0 saturated carbocycles. The molecule has 2 unspecified atom stereocenters. The second kappa shape index (κ2) is 4.99. The highest BCUT2D eigenvalue weighted by Gasteiger charge is 2.32. The number of nitrogens with two attached hydrogens (primary N) is 1. The molecule has 0 radical (unpaired) electrons. The number of aromatic nitrogens is 3. The Morgan fingerprint density at radius 2 is 2.35 bits per heavy atom. The largest absolute Gasteiger partial charge is 0.497 e. The lowest BCUT2D eigenvalue weighted by molar-refractivity contribution is 0.414. The van der Waals surface area contributed by atoms with Gasteiger partial charge in [0.2, 0.25) is 0 Å². The molecule has 1 aromatic heterocycles. The molecule has 106 valence electrons. The normalized spacial score (nSPS) is 20.9. The summed E-state index contributed by atoms with van der Waals surface area (Å²) in [4.78, 5) is 11.4. The van der Waals surface area contributed by atoms with Crippen LogP contribution in [0.15, 0.2) is 28.2 Å². The van der Waals surface area contributed by atoms with E-state index in [9.17, 15) is 4.79 Å². The number of rotatable bonds is 3. The maximum absolute atomic E-state index is 11.4. The molecule has 0 fully saturated rings. The molecule has 7 heteroatoms. The molecule has 1 aromatic carbocycles. The first-order valence-corrected chi connectivity index (χ1v) is 7.18. The van der Waals surface area contributed by atoms with Crippen LogP contribution >= 0.6 is 11.8 Å². The fourth-order valence-corrected chi connectivity index (χ4v) is 3.59. The van der Waals surface area contributed by atoms with Crippen molar-refractivity contribution < 1.29 is 4.74 Å². The Morgan fingerprint density at radius 3 is 3.00 bits per heavy atom. The molecule has 2 atom stereocenters. The number of ether oxygens (including phenoxy) is 1.